The van der Waals surface area contributed by atoms with Gasteiger partial charge in [0.15, 0.2) is 0 Å². The van der Waals surface area contributed by atoms with Gasteiger partial charge in [-0.2, -0.15) is 0 Å². The summed E-state index contributed by atoms with van der Waals surface area (Å²) in [4.78, 5) is 66.1. The summed E-state index contributed by atoms with van der Waals surface area (Å²) in [5, 5.41) is 24.8. The Morgan fingerprint density at radius 3 is 1.18 bits per heavy atom. The van der Waals surface area contributed by atoms with E-state index in [-0.39, 0.29) is 26.1 Å². The van der Waals surface area contributed by atoms with E-state index in [2.05, 4.69) is 9.97 Å². The summed E-state index contributed by atoms with van der Waals surface area (Å²) < 4.78 is 11.3. The summed E-state index contributed by atoms with van der Waals surface area (Å²) in [6.07, 6.45) is -0.466. The molecule has 4 aromatic rings. The summed E-state index contributed by atoms with van der Waals surface area (Å²) in [7, 11) is 0. The van der Waals surface area contributed by atoms with Gasteiger partial charge in [0.2, 0.25) is 11.8 Å². The number of amides is 4. The maximum absolute atomic E-state index is 14.2. The second-order valence-corrected chi connectivity index (χ2v) is 14.3. The van der Waals surface area contributed by atoms with Gasteiger partial charge in [-0.05, 0) is 71.2 Å². The number of nitrogens with two attached hydrogens (primary N) is 2. The normalized spacial score (nSPS) is 14.5. The lowest BCUT2D eigenvalue weighted by molar-refractivity contribution is -0.145. The molecule has 0 aliphatic carbocycles. The molecular formula is C42H52N6O8. The number of hydrogen-bond acceptors (Lipinski definition) is 12. The average molecular weight is 769 g/mol. The molecule has 0 fully saturated rings. The summed E-state index contributed by atoms with van der Waals surface area (Å²) in [6.45, 7) is 6.33. The Morgan fingerprint density at radius 1 is 0.554 bits per heavy atom. The molecule has 0 spiro atoms. The van der Waals surface area contributed by atoms with Crippen molar-refractivity contribution in [2.24, 2.45) is 23.3 Å². The van der Waals surface area contributed by atoms with Crippen LogP contribution in [0.4, 0.5) is 9.59 Å². The van der Waals surface area contributed by atoms with Gasteiger partial charge < -0.3 is 31.2 Å². The Hall–Kier alpha value is -5.54. The van der Waals surface area contributed by atoms with Crippen LogP contribution in [0.15, 0.2) is 110 Å². The second-order valence-electron chi connectivity index (χ2n) is 14.3. The van der Waals surface area contributed by atoms with Crippen LogP contribution in [0.25, 0.3) is 0 Å². The SMILES string of the molecule is CC(C)[C@H](N)C(=O)N(C(=O)OCc1ccncc1)[C@@H](Cc1ccccc1)[C@H](O)[C@@H](O)[C@H](Cc1ccccc1)N(C(=O)OCc1ccncc1)C(=O)[C@@H](N)C(C)C. The summed E-state index contributed by atoms with van der Waals surface area (Å²) >= 11 is 0. The van der Waals surface area contributed by atoms with Crippen molar-refractivity contribution in [2.75, 3.05) is 0 Å². The Kier molecular flexibility index (Phi) is 16.2. The van der Waals surface area contributed by atoms with E-state index in [1.807, 2.05) is 0 Å². The zero-order valence-corrected chi connectivity index (χ0v) is 32.1. The first kappa shape index (κ1) is 43.2. The smallest absolute Gasteiger partial charge is 0.417 e. The van der Waals surface area contributed by atoms with Crippen LogP contribution in [0.5, 0.6) is 0 Å². The first-order valence-corrected chi connectivity index (χ1v) is 18.5. The van der Waals surface area contributed by atoms with Crippen molar-refractivity contribution in [2.45, 2.75) is 90.1 Å². The van der Waals surface area contributed by atoms with Crippen molar-refractivity contribution in [3.05, 3.63) is 132 Å². The van der Waals surface area contributed by atoms with E-state index in [1.165, 1.54) is 24.8 Å². The number of hydrogen-bond donors (Lipinski definition) is 4. The van der Waals surface area contributed by atoms with Gasteiger partial charge >= 0.3 is 12.2 Å². The van der Waals surface area contributed by atoms with Crippen LogP contribution in [0.2, 0.25) is 0 Å². The molecule has 0 aliphatic heterocycles. The van der Waals surface area contributed by atoms with Crippen LogP contribution in [0, 0.1) is 11.8 Å². The van der Waals surface area contributed by atoms with Crippen LogP contribution in [0.3, 0.4) is 0 Å². The number of imide groups is 2. The molecule has 0 bridgehead atoms. The Balaban J connectivity index is 1.84. The van der Waals surface area contributed by atoms with Gasteiger partial charge in [0, 0.05) is 24.8 Å². The van der Waals surface area contributed by atoms with Gasteiger partial charge in [0.1, 0.15) is 25.4 Å². The molecule has 2 aromatic carbocycles. The van der Waals surface area contributed by atoms with Crippen molar-refractivity contribution in [1.29, 1.82) is 0 Å². The highest BCUT2D eigenvalue weighted by molar-refractivity contribution is 5.96. The fourth-order valence-electron chi connectivity index (χ4n) is 5.95. The first-order chi connectivity index (χ1) is 26.8. The number of carbonyl (C=O) groups is 4. The van der Waals surface area contributed by atoms with Gasteiger partial charge in [-0.25, -0.2) is 19.4 Å². The van der Waals surface area contributed by atoms with Crippen molar-refractivity contribution >= 4 is 24.0 Å². The molecule has 56 heavy (non-hydrogen) atoms. The number of benzene rings is 2. The first-order valence-electron chi connectivity index (χ1n) is 18.5. The number of nitrogens with zero attached hydrogens (tertiary/aromatic N) is 4. The third kappa shape index (κ3) is 11.7. The van der Waals surface area contributed by atoms with E-state index >= 15 is 0 Å². The van der Waals surface area contributed by atoms with E-state index in [0.717, 1.165) is 9.80 Å². The molecule has 4 rings (SSSR count). The van der Waals surface area contributed by atoms with E-state index < -0.39 is 72.2 Å². The number of aliphatic hydroxyl groups excluding tert-OH is 2. The quantitative estimate of drug-likeness (QED) is 0.120. The van der Waals surface area contributed by atoms with Crippen molar-refractivity contribution in [1.82, 2.24) is 19.8 Å². The molecule has 0 aliphatic rings. The number of pyridine rings is 2. The van der Waals surface area contributed by atoms with Crippen LogP contribution in [-0.4, -0.2) is 90.4 Å². The largest absolute Gasteiger partial charge is 0.444 e. The van der Waals surface area contributed by atoms with Gasteiger partial charge in [-0.3, -0.25) is 19.6 Å². The topological polar surface area (TPSA) is 212 Å². The molecule has 298 valence electrons. The maximum atomic E-state index is 14.2. The minimum absolute atomic E-state index is 0.163. The molecule has 0 unspecified atom stereocenters. The number of rotatable bonds is 17. The van der Waals surface area contributed by atoms with Crippen molar-refractivity contribution < 1.29 is 38.9 Å². The highest BCUT2D eigenvalue weighted by atomic mass is 16.6. The van der Waals surface area contributed by atoms with Crippen LogP contribution in [-0.2, 0) is 45.1 Å². The fourth-order valence-corrected chi connectivity index (χ4v) is 5.95. The molecule has 14 heteroatoms. The summed E-state index contributed by atoms with van der Waals surface area (Å²) in [5.74, 6) is -2.61. The van der Waals surface area contributed by atoms with Gasteiger partial charge in [0.05, 0.1) is 24.2 Å². The molecule has 0 saturated carbocycles. The minimum atomic E-state index is -1.99. The molecular weight excluding hydrogens is 716 g/mol. The Bertz CT molecular complexity index is 1700. The highest BCUT2D eigenvalue weighted by Crippen LogP contribution is 2.26. The molecule has 2 heterocycles. The van der Waals surface area contributed by atoms with E-state index in [4.69, 9.17) is 20.9 Å². The van der Waals surface area contributed by atoms with Crippen LogP contribution in [0.1, 0.15) is 49.9 Å². The lowest BCUT2D eigenvalue weighted by Gasteiger charge is -2.41. The highest BCUT2D eigenvalue weighted by Gasteiger charge is 2.47. The van der Waals surface area contributed by atoms with Gasteiger partial charge in [0.25, 0.3) is 0 Å². The van der Waals surface area contributed by atoms with E-state index in [9.17, 15) is 29.4 Å². The zero-order valence-electron chi connectivity index (χ0n) is 32.1. The third-order valence-electron chi connectivity index (χ3n) is 9.48. The van der Waals surface area contributed by atoms with Crippen LogP contribution >= 0.6 is 0 Å². The van der Waals surface area contributed by atoms with Crippen LogP contribution < -0.4 is 11.5 Å². The lowest BCUT2D eigenvalue weighted by atomic mass is 9.88. The molecule has 6 N–H and O–H groups in total. The number of aliphatic hydroxyl groups is 2. The van der Waals surface area contributed by atoms with Gasteiger partial charge in [-0.15, -0.1) is 0 Å². The predicted molar refractivity (Wildman–Crippen MR) is 208 cm³/mol. The molecule has 0 saturated heterocycles. The predicted octanol–water partition coefficient (Wildman–Crippen LogP) is 4.02. The number of ether oxygens (including phenoxy) is 2. The van der Waals surface area contributed by atoms with E-state index in [0.29, 0.717) is 22.3 Å². The minimum Gasteiger partial charge on any atom is -0.444 e. The summed E-state index contributed by atoms with van der Waals surface area (Å²) in [5.41, 5.74) is 15.1. The molecule has 0 radical (unpaired) electrons. The standard InChI is InChI=1S/C42H52N6O8/c1-27(2)35(43)39(51)47(41(53)55-25-31-15-19-45-20-16-31)33(23-29-11-7-5-8-12-29)37(49)38(50)34(24-30-13-9-6-10-14-30)48(40(52)36(44)28(3)4)42(54)56-26-32-17-21-46-22-18-32/h5-22,27-28,33-38,49-50H,23-26,43-44H2,1-4H3/t33-,34-,35-,36-,37-,38-/m0/s1. The molecule has 6 atom stereocenters. The third-order valence-corrected chi connectivity index (χ3v) is 9.48. The average Bonchev–Trinajstić information content (AvgIpc) is 3.21. The molecule has 4 amide bonds. The Labute approximate surface area is 327 Å². The van der Waals surface area contributed by atoms with Gasteiger partial charge in [-0.1, -0.05) is 88.4 Å². The van der Waals surface area contributed by atoms with Crippen molar-refractivity contribution in [3.63, 3.8) is 0 Å². The fraction of sp³-hybridized carbons (Fsp3) is 0.381. The summed E-state index contributed by atoms with van der Waals surface area (Å²) in [6, 6.07) is 18.5. The monoisotopic (exact) mass is 768 g/mol. The lowest BCUT2D eigenvalue weighted by Crippen LogP contribution is -2.64. The molecule has 2 aromatic heterocycles. The number of carbonyl (C=O) groups excluding carboxylic acids is 4. The zero-order chi connectivity index (χ0) is 40.8. The number of aromatic nitrogens is 2. The van der Waals surface area contributed by atoms with Crippen molar-refractivity contribution in [3.8, 4) is 0 Å². The second kappa shape index (κ2) is 20.9. The maximum Gasteiger partial charge on any atom is 0.417 e. The Morgan fingerprint density at radius 2 is 0.875 bits per heavy atom. The van der Waals surface area contributed by atoms with E-state index in [1.54, 1.807) is 113 Å². The molecule has 14 nitrogen and oxygen atoms in total.